The van der Waals surface area contributed by atoms with Gasteiger partial charge in [0.1, 0.15) is 11.5 Å². The van der Waals surface area contributed by atoms with E-state index >= 15 is 0 Å². The van der Waals surface area contributed by atoms with Crippen LogP contribution in [-0.4, -0.2) is 60.1 Å². The van der Waals surface area contributed by atoms with Crippen molar-refractivity contribution in [2.45, 2.75) is 33.1 Å². The first-order valence-electron chi connectivity index (χ1n) is 10.0. The van der Waals surface area contributed by atoms with Crippen LogP contribution in [-0.2, 0) is 17.8 Å². The van der Waals surface area contributed by atoms with Crippen LogP contribution >= 0.6 is 11.3 Å². The molecule has 0 bridgehead atoms. The first kappa shape index (κ1) is 24.0. The van der Waals surface area contributed by atoms with Gasteiger partial charge in [-0.3, -0.25) is 9.69 Å². The zero-order valence-electron chi connectivity index (χ0n) is 17.3. The molecular weight excluding hydrogens is 450 g/mol. The maximum Gasteiger partial charge on any atom is 0.387 e. The minimum absolute atomic E-state index is 0.147. The highest BCUT2D eigenvalue weighted by Gasteiger charge is 2.20. The third-order valence-corrected chi connectivity index (χ3v) is 5.85. The zero-order chi connectivity index (χ0) is 23.1. The first-order valence-corrected chi connectivity index (χ1v) is 10.9. The van der Waals surface area contributed by atoms with Gasteiger partial charge < -0.3 is 14.4 Å². The molecule has 0 N–H and O–H groups in total. The van der Waals surface area contributed by atoms with Gasteiger partial charge in [0, 0.05) is 55.8 Å². The Morgan fingerprint density at radius 3 is 2.50 bits per heavy atom. The number of aromatic nitrogens is 1. The number of hydrogen-bond donors (Lipinski definition) is 0. The number of carbonyl (C=O) groups is 1. The van der Waals surface area contributed by atoms with E-state index in [1.165, 1.54) is 24.3 Å². The molecule has 11 heteroatoms. The standard InChI is InChI=1S/C21H23F4N3O3S/c1-2-18-26-15(13-32-18)12-27-7-9-28(10-8-27)19(29)6-4-14-3-5-16(30-20(22)23)11-17(14)31-21(24)25/h3-6,11,13,20-21H,2,7-10,12H2,1H3/b6-4+. The molecule has 2 heterocycles. The lowest BCUT2D eigenvalue weighted by molar-refractivity contribution is -0.127. The van der Waals surface area contributed by atoms with Crippen LogP contribution in [0.5, 0.6) is 11.5 Å². The summed E-state index contributed by atoms with van der Waals surface area (Å²) >= 11 is 1.64. The molecule has 174 valence electrons. The topological polar surface area (TPSA) is 54.9 Å². The average molecular weight is 473 g/mol. The van der Waals surface area contributed by atoms with E-state index in [4.69, 9.17) is 0 Å². The molecule has 1 saturated heterocycles. The second-order valence-electron chi connectivity index (χ2n) is 6.98. The smallest absolute Gasteiger partial charge is 0.387 e. The second-order valence-corrected chi connectivity index (χ2v) is 7.92. The lowest BCUT2D eigenvalue weighted by Crippen LogP contribution is -2.47. The summed E-state index contributed by atoms with van der Waals surface area (Å²) in [6.45, 7) is -1.02. The number of benzene rings is 1. The molecular formula is C21H23F4N3O3S. The highest BCUT2D eigenvalue weighted by Crippen LogP contribution is 2.28. The lowest BCUT2D eigenvalue weighted by atomic mass is 10.1. The number of nitrogens with zero attached hydrogens (tertiary/aromatic N) is 3. The van der Waals surface area contributed by atoms with Crippen molar-refractivity contribution < 1.29 is 31.8 Å². The number of hydrogen-bond acceptors (Lipinski definition) is 6. The molecule has 1 aromatic carbocycles. The van der Waals surface area contributed by atoms with Crippen molar-refractivity contribution in [3.63, 3.8) is 0 Å². The van der Waals surface area contributed by atoms with Gasteiger partial charge in [0.25, 0.3) is 0 Å². The molecule has 1 aromatic heterocycles. The summed E-state index contributed by atoms with van der Waals surface area (Å²) in [6.07, 6.45) is 3.48. The lowest BCUT2D eigenvalue weighted by Gasteiger charge is -2.33. The minimum atomic E-state index is -3.15. The fourth-order valence-electron chi connectivity index (χ4n) is 3.23. The van der Waals surface area contributed by atoms with Crippen molar-refractivity contribution in [2.75, 3.05) is 26.2 Å². The van der Waals surface area contributed by atoms with Gasteiger partial charge >= 0.3 is 13.2 Å². The van der Waals surface area contributed by atoms with Crippen LogP contribution in [0.1, 0.15) is 23.2 Å². The van der Waals surface area contributed by atoms with Crippen LogP contribution < -0.4 is 9.47 Å². The Kier molecular flexibility index (Phi) is 8.46. The van der Waals surface area contributed by atoms with E-state index in [-0.39, 0.29) is 23.0 Å². The average Bonchev–Trinajstić information content (AvgIpc) is 3.20. The molecule has 6 nitrogen and oxygen atoms in total. The van der Waals surface area contributed by atoms with Gasteiger partial charge in [-0.25, -0.2) is 4.98 Å². The quantitative estimate of drug-likeness (QED) is 0.402. The van der Waals surface area contributed by atoms with Crippen molar-refractivity contribution in [3.05, 3.63) is 45.9 Å². The van der Waals surface area contributed by atoms with Gasteiger partial charge in [-0.15, -0.1) is 11.3 Å². The summed E-state index contributed by atoms with van der Waals surface area (Å²) in [6, 6.07) is 3.40. The van der Waals surface area contributed by atoms with Gasteiger partial charge in [0.05, 0.1) is 10.7 Å². The van der Waals surface area contributed by atoms with Gasteiger partial charge in [0.15, 0.2) is 0 Å². The summed E-state index contributed by atoms with van der Waals surface area (Å²) in [4.78, 5) is 21.0. The third kappa shape index (κ3) is 6.92. The predicted molar refractivity (Wildman–Crippen MR) is 112 cm³/mol. The van der Waals surface area contributed by atoms with Crippen LogP contribution in [0.3, 0.4) is 0 Å². The second kappa shape index (κ2) is 11.3. The molecule has 0 unspecified atom stereocenters. The predicted octanol–water partition coefficient (Wildman–Crippen LogP) is 4.27. The molecule has 0 radical (unpaired) electrons. The van der Waals surface area contributed by atoms with Crippen LogP contribution in [0, 0.1) is 0 Å². The number of amides is 1. The Balaban J connectivity index is 1.57. The molecule has 3 rings (SSSR count). The molecule has 2 aromatic rings. The van der Waals surface area contributed by atoms with Crippen molar-refractivity contribution in [2.24, 2.45) is 0 Å². The monoisotopic (exact) mass is 473 g/mol. The highest BCUT2D eigenvalue weighted by atomic mass is 32.1. The van der Waals surface area contributed by atoms with Crippen molar-refractivity contribution in [3.8, 4) is 11.5 Å². The van der Waals surface area contributed by atoms with Crippen LogP contribution in [0.25, 0.3) is 6.08 Å². The molecule has 1 amide bonds. The third-order valence-electron chi connectivity index (χ3n) is 4.80. The number of piperazine rings is 1. The molecule has 32 heavy (non-hydrogen) atoms. The van der Waals surface area contributed by atoms with E-state index in [2.05, 4.69) is 31.7 Å². The fraction of sp³-hybridized carbons (Fsp3) is 0.429. The van der Waals surface area contributed by atoms with Crippen LogP contribution in [0.2, 0.25) is 0 Å². The molecule has 0 spiro atoms. The van der Waals surface area contributed by atoms with Crippen LogP contribution in [0.4, 0.5) is 17.6 Å². The Labute approximate surface area is 187 Å². The first-order chi connectivity index (χ1) is 15.3. The van der Waals surface area contributed by atoms with Crippen molar-refractivity contribution >= 4 is 23.3 Å². The van der Waals surface area contributed by atoms with Crippen molar-refractivity contribution in [1.29, 1.82) is 0 Å². The maximum absolute atomic E-state index is 12.7. The van der Waals surface area contributed by atoms with E-state index < -0.39 is 13.2 Å². The molecule has 0 atom stereocenters. The van der Waals surface area contributed by atoms with E-state index in [0.29, 0.717) is 26.2 Å². The summed E-state index contributed by atoms with van der Waals surface area (Å²) < 4.78 is 58.7. The number of carbonyl (C=O) groups excluding carboxylic acids is 1. The van der Waals surface area contributed by atoms with E-state index in [1.54, 1.807) is 16.2 Å². The highest BCUT2D eigenvalue weighted by molar-refractivity contribution is 7.09. The number of rotatable bonds is 9. The SMILES string of the molecule is CCc1nc(CN2CCN(C(=O)/C=C/c3ccc(OC(F)F)cc3OC(F)F)CC2)cs1. The van der Waals surface area contributed by atoms with Crippen molar-refractivity contribution in [1.82, 2.24) is 14.8 Å². The zero-order valence-corrected chi connectivity index (χ0v) is 18.2. The molecule has 0 saturated carbocycles. The van der Waals surface area contributed by atoms with Crippen LogP contribution in [0.15, 0.2) is 29.7 Å². The maximum atomic E-state index is 12.7. The number of ether oxygens (including phenoxy) is 2. The Hall–Kier alpha value is -2.66. The molecule has 1 aliphatic rings. The normalized spacial score (nSPS) is 15.2. The van der Waals surface area contributed by atoms with Gasteiger partial charge in [-0.1, -0.05) is 6.92 Å². The molecule has 1 aliphatic heterocycles. The van der Waals surface area contributed by atoms with Gasteiger partial charge in [-0.05, 0) is 24.6 Å². The Morgan fingerprint density at radius 1 is 1.16 bits per heavy atom. The summed E-state index contributed by atoms with van der Waals surface area (Å²) in [5, 5.41) is 3.15. The fourth-order valence-corrected chi connectivity index (χ4v) is 3.97. The number of halogens is 4. The Morgan fingerprint density at radius 2 is 1.88 bits per heavy atom. The molecule has 0 aliphatic carbocycles. The van der Waals surface area contributed by atoms with Gasteiger partial charge in [-0.2, -0.15) is 17.6 Å². The largest absolute Gasteiger partial charge is 0.435 e. The minimum Gasteiger partial charge on any atom is -0.435 e. The number of thiazole rings is 1. The summed E-state index contributed by atoms with van der Waals surface area (Å²) in [5.74, 6) is -0.953. The summed E-state index contributed by atoms with van der Waals surface area (Å²) in [5.41, 5.74) is 1.17. The van der Waals surface area contributed by atoms with E-state index in [9.17, 15) is 22.4 Å². The van der Waals surface area contributed by atoms with Gasteiger partial charge in [0.2, 0.25) is 5.91 Å². The Bertz CT molecular complexity index is 931. The molecule has 1 fully saturated rings. The number of alkyl halides is 4. The number of aryl methyl sites for hydroxylation is 1. The van der Waals surface area contributed by atoms with E-state index in [0.717, 1.165) is 29.7 Å². The summed E-state index contributed by atoms with van der Waals surface area (Å²) in [7, 11) is 0. The van der Waals surface area contributed by atoms with E-state index in [1.807, 2.05) is 0 Å².